The van der Waals surface area contributed by atoms with Crippen molar-refractivity contribution in [1.29, 1.82) is 0 Å². The van der Waals surface area contributed by atoms with Crippen LogP contribution >= 0.6 is 11.3 Å². The van der Waals surface area contributed by atoms with Gasteiger partial charge in [-0.2, -0.15) is 0 Å². The summed E-state index contributed by atoms with van der Waals surface area (Å²) >= 11 is 1.38. The van der Waals surface area contributed by atoms with Gasteiger partial charge < -0.3 is 9.64 Å². The van der Waals surface area contributed by atoms with Crippen molar-refractivity contribution in [3.05, 3.63) is 35.0 Å². The lowest BCUT2D eigenvalue weighted by atomic mass is 10.3. The highest BCUT2D eigenvalue weighted by atomic mass is 32.1. The van der Waals surface area contributed by atoms with Gasteiger partial charge in [0, 0.05) is 12.6 Å². The third kappa shape index (κ3) is 3.14. The van der Waals surface area contributed by atoms with E-state index in [2.05, 4.69) is 9.97 Å². The molecule has 0 saturated heterocycles. The van der Waals surface area contributed by atoms with Gasteiger partial charge in [0.1, 0.15) is 11.2 Å². The first-order valence-corrected chi connectivity index (χ1v) is 7.32. The van der Waals surface area contributed by atoms with Crippen molar-refractivity contribution in [3.8, 4) is 11.5 Å². The van der Waals surface area contributed by atoms with E-state index in [0.29, 0.717) is 22.9 Å². The van der Waals surface area contributed by atoms with Crippen LogP contribution in [0.4, 0.5) is 0 Å². The standard InChI is InChI=1S/C14H17N3O2S/c1-4-17(10(2)3)14(18)13-12(5-6-20-13)19-11-7-15-9-16-8-11/h5-10H,4H2,1-3H3. The number of carbonyl (C=O) groups is 1. The van der Waals surface area contributed by atoms with Crippen LogP contribution in [0.2, 0.25) is 0 Å². The molecule has 6 heteroatoms. The minimum Gasteiger partial charge on any atom is -0.452 e. The first kappa shape index (κ1) is 14.5. The van der Waals surface area contributed by atoms with Gasteiger partial charge in [-0.05, 0) is 32.2 Å². The van der Waals surface area contributed by atoms with Gasteiger partial charge in [-0.15, -0.1) is 11.3 Å². The van der Waals surface area contributed by atoms with Gasteiger partial charge in [0.05, 0.1) is 12.4 Å². The number of thiophene rings is 1. The molecule has 0 atom stereocenters. The number of ether oxygens (including phenoxy) is 1. The quantitative estimate of drug-likeness (QED) is 0.849. The molecule has 0 aliphatic carbocycles. The number of carbonyl (C=O) groups excluding carboxylic acids is 1. The summed E-state index contributed by atoms with van der Waals surface area (Å²) in [7, 11) is 0. The molecule has 2 aromatic rings. The molecule has 20 heavy (non-hydrogen) atoms. The van der Waals surface area contributed by atoms with Crippen LogP contribution in [0.1, 0.15) is 30.4 Å². The zero-order valence-electron chi connectivity index (χ0n) is 11.7. The lowest BCUT2D eigenvalue weighted by Gasteiger charge is -2.24. The molecule has 5 nitrogen and oxygen atoms in total. The minimum absolute atomic E-state index is 0.00986. The average molecular weight is 291 g/mol. The second-order valence-electron chi connectivity index (χ2n) is 4.48. The molecule has 0 aliphatic heterocycles. The summed E-state index contributed by atoms with van der Waals surface area (Å²) in [4.78, 5) is 22.7. The van der Waals surface area contributed by atoms with Gasteiger partial charge >= 0.3 is 0 Å². The smallest absolute Gasteiger partial charge is 0.267 e. The lowest BCUT2D eigenvalue weighted by Crippen LogP contribution is -2.36. The maximum absolute atomic E-state index is 12.5. The van der Waals surface area contributed by atoms with Crippen molar-refractivity contribution in [1.82, 2.24) is 14.9 Å². The minimum atomic E-state index is -0.00986. The molecule has 0 spiro atoms. The number of hydrogen-bond donors (Lipinski definition) is 0. The Morgan fingerprint density at radius 2 is 2.10 bits per heavy atom. The van der Waals surface area contributed by atoms with Crippen molar-refractivity contribution < 1.29 is 9.53 Å². The number of hydrogen-bond acceptors (Lipinski definition) is 5. The fraction of sp³-hybridized carbons (Fsp3) is 0.357. The molecule has 1 amide bonds. The van der Waals surface area contributed by atoms with Crippen molar-refractivity contribution in [2.45, 2.75) is 26.8 Å². The van der Waals surface area contributed by atoms with E-state index < -0.39 is 0 Å². The zero-order valence-corrected chi connectivity index (χ0v) is 12.6. The molecule has 0 radical (unpaired) electrons. The van der Waals surface area contributed by atoms with Crippen LogP contribution in [0.25, 0.3) is 0 Å². The SMILES string of the molecule is CCN(C(=O)c1sccc1Oc1cncnc1)C(C)C. The summed E-state index contributed by atoms with van der Waals surface area (Å²) in [6.45, 7) is 6.64. The molecule has 2 heterocycles. The molecule has 0 aliphatic rings. The number of amides is 1. The summed E-state index contributed by atoms with van der Waals surface area (Å²) in [5.74, 6) is 1.06. The predicted octanol–water partition coefficient (Wildman–Crippen LogP) is 3.20. The molecule has 0 aromatic carbocycles. The molecule has 0 unspecified atom stereocenters. The van der Waals surface area contributed by atoms with E-state index in [4.69, 9.17) is 4.74 Å². The second-order valence-corrected chi connectivity index (χ2v) is 5.39. The summed E-state index contributed by atoms with van der Waals surface area (Å²) < 4.78 is 5.68. The first-order valence-electron chi connectivity index (χ1n) is 6.44. The zero-order chi connectivity index (χ0) is 14.5. The Hall–Kier alpha value is -1.95. The fourth-order valence-electron chi connectivity index (χ4n) is 1.87. The Bertz CT molecular complexity index is 569. The van der Waals surface area contributed by atoms with Gasteiger partial charge in [0.25, 0.3) is 5.91 Å². The van der Waals surface area contributed by atoms with Crippen LogP contribution in [0.3, 0.4) is 0 Å². The molecule has 2 rings (SSSR count). The van der Waals surface area contributed by atoms with Crippen molar-refractivity contribution in [3.63, 3.8) is 0 Å². The monoisotopic (exact) mass is 291 g/mol. The van der Waals surface area contributed by atoms with E-state index in [1.807, 2.05) is 26.2 Å². The molecule has 2 aromatic heterocycles. The number of nitrogens with zero attached hydrogens (tertiary/aromatic N) is 3. The summed E-state index contributed by atoms with van der Waals surface area (Å²) in [6.07, 6.45) is 4.57. The first-order chi connectivity index (χ1) is 9.63. The second kappa shape index (κ2) is 6.47. The summed E-state index contributed by atoms with van der Waals surface area (Å²) in [6, 6.07) is 1.95. The van der Waals surface area contributed by atoms with E-state index in [-0.39, 0.29) is 11.9 Å². The van der Waals surface area contributed by atoms with Crippen LogP contribution in [0.5, 0.6) is 11.5 Å². The Morgan fingerprint density at radius 1 is 1.40 bits per heavy atom. The lowest BCUT2D eigenvalue weighted by molar-refractivity contribution is 0.0719. The van der Waals surface area contributed by atoms with E-state index in [1.165, 1.54) is 17.7 Å². The van der Waals surface area contributed by atoms with Crippen LogP contribution < -0.4 is 4.74 Å². The Kier molecular flexibility index (Phi) is 4.68. The molecule has 106 valence electrons. The van der Waals surface area contributed by atoms with E-state index in [0.717, 1.165) is 0 Å². The van der Waals surface area contributed by atoms with E-state index in [9.17, 15) is 4.79 Å². The van der Waals surface area contributed by atoms with Crippen molar-refractivity contribution in [2.75, 3.05) is 6.54 Å². The van der Waals surface area contributed by atoms with Crippen molar-refractivity contribution in [2.24, 2.45) is 0 Å². The van der Waals surface area contributed by atoms with Crippen molar-refractivity contribution >= 4 is 17.2 Å². The molecule has 0 N–H and O–H groups in total. The topological polar surface area (TPSA) is 55.3 Å². The van der Waals surface area contributed by atoms with Gasteiger partial charge in [-0.1, -0.05) is 0 Å². The molecular formula is C14H17N3O2S. The fourth-order valence-corrected chi connectivity index (χ4v) is 2.64. The van der Waals surface area contributed by atoms with Gasteiger partial charge in [0.2, 0.25) is 0 Å². The van der Waals surface area contributed by atoms with Crippen LogP contribution in [-0.4, -0.2) is 33.4 Å². The van der Waals surface area contributed by atoms with Crippen LogP contribution in [-0.2, 0) is 0 Å². The van der Waals surface area contributed by atoms with Crippen LogP contribution in [0.15, 0.2) is 30.2 Å². The maximum Gasteiger partial charge on any atom is 0.267 e. The van der Waals surface area contributed by atoms with E-state index >= 15 is 0 Å². The number of rotatable bonds is 5. The molecular weight excluding hydrogens is 274 g/mol. The van der Waals surface area contributed by atoms with Gasteiger partial charge in [-0.3, -0.25) is 4.79 Å². The Morgan fingerprint density at radius 3 is 2.70 bits per heavy atom. The maximum atomic E-state index is 12.5. The number of aromatic nitrogens is 2. The highest BCUT2D eigenvalue weighted by Gasteiger charge is 2.22. The molecule has 0 saturated carbocycles. The third-order valence-corrected chi connectivity index (χ3v) is 3.70. The van der Waals surface area contributed by atoms with E-state index in [1.54, 1.807) is 23.4 Å². The molecule has 0 bridgehead atoms. The highest BCUT2D eigenvalue weighted by Crippen LogP contribution is 2.30. The average Bonchev–Trinajstić information content (AvgIpc) is 2.88. The normalized spacial score (nSPS) is 10.6. The van der Waals surface area contributed by atoms with Gasteiger partial charge in [0.15, 0.2) is 11.5 Å². The Labute approximate surface area is 122 Å². The van der Waals surface area contributed by atoms with Crippen LogP contribution in [0, 0.1) is 0 Å². The Balaban J connectivity index is 2.22. The van der Waals surface area contributed by atoms with Gasteiger partial charge in [-0.25, -0.2) is 9.97 Å². The summed E-state index contributed by atoms with van der Waals surface area (Å²) in [5, 5.41) is 1.85. The summed E-state index contributed by atoms with van der Waals surface area (Å²) in [5.41, 5.74) is 0. The molecule has 0 fully saturated rings. The highest BCUT2D eigenvalue weighted by molar-refractivity contribution is 7.12. The third-order valence-electron chi connectivity index (χ3n) is 2.81. The predicted molar refractivity (Wildman–Crippen MR) is 78.3 cm³/mol. The largest absolute Gasteiger partial charge is 0.452 e.